The minimum absolute atomic E-state index is 0.110. The number of likely N-dealkylation sites (N-methyl/N-ethyl adjacent to an activating group) is 1. The quantitative estimate of drug-likeness (QED) is 0.413. The van der Waals surface area contributed by atoms with Crippen LogP contribution >= 0.6 is 0 Å². The molecule has 186 valence electrons. The predicted octanol–water partition coefficient (Wildman–Crippen LogP) is 3.33. The van der Waals surface area contributed by atoms with Crippen LogP contribution in [0.2, 0.25) is 0 Å². The van der Waals surface area contributed by atoms with Crippen LogP contribution in [0.5, 0.6) is 0 Å². The average Bonchev–Trinajstić information content (AvgIpc) is 3.33. The summed E-state index contributed by atoms with van der Waals surface area (Å²) in [7, 11) is 2.17. The summed E-state index contributed by atoms with van der Waals surface area (Å²) in [5.74, 6) is 1.25. The molecule has 4 aromatic rings. The van der Waals surface area contributed by atoms with Crippen LogP contribution in [0.15, 0.2) is 47.3 Å². The number of fused-ring (bicyclic) bond motifs is 5. The summed E-state index contributed by atoms with van der Waals surface area (Å²) >= 11 is 0. The van der Waals surface area contributed by atoms with Gasteiger partial charge in [-0.15, -0.1) is 0 Å². The van der Waals surface area contributed by atoms with E-state index in [1.165, 1.54) is 25.9 Å². The van der Waals surface area contributed by atoms with Crippen molar-refractivity contribution in [1.82, 2.24) is 24.8 Å². The number of hydrogen-bond donors (Lipinski definition) is 3. The Kier molecular flexibility index (Phi) is 5.25. The molecule has 0 amide bonds. The van der Waals surface area contributed by atoms with Gasteiger partial charge < -0.3 is 30.0 Å². The first-order valence-corrected chi connectivity index (χ1v) is 13.2. The van der Waals surface area contributed by atoms with Crippen molar-refractivity contribution in [3.8, 4) is 11.4 Å². The van der Waals surface area contributed by atoms with Gasteiger partial charge in [0, 0.05) is 49.8 Å². The van der Waals surface area contributed by atoms with Gasteiger partial charge in [0.05, 0.1) is 22.2 Å². The van der Waals surface area contributed by atoms with Crippen molar-refractivity contribution in [1.29, 1.82) is 0 Å². The Morgan fingerprint density at radius 1 is 0.944 bits per heavy atom. The standard InChI is InChI=1S/C28H33N7O/c1-33-12-14-35(15-13-33)19-6-7-20-23(16-19)32-28(36)25(27-30-21-4-2-3-5-22(21)31-27)26(20)29-24-17-34-10-8-18(24)9-11-34/h2-7,16,18,24H,8-15,17H2,1H3,(H,30,31)(H2,29,32,36)/t24-/m0/s1. The van der Waals surface area contributed by atoms with Gasteiger partial charge in [-0.2, -0.15) is 0 Å². The number of piperidine rings is 3. The van der Waals surface area contributed by atoms with E-state index in [2.05, 4.69) is 55.2 Å². The maximum Gasteiger partial charge on any atom is 0.261 e. The maximum absolute atomic E-state index is 13.7. The number of aromatic amines is 2. The molecule has 0 radical (unpaired) electrons. The van der Waals surface area contributed by atoms with Gasteiger partial charge in [0.2, 0.25) is 0 Å². The number of hydrogen-bond acceptors (Lipinski definition) is 6. The molecule has 2 aromatic heterocycles. The zero-order chi connectivity index (χ0) is 24.2. The number of para-hydroxylation sites is 2. The van der Waals surface area contributed by atoms with Crippen molar-refractivity contribution >= 4 is 33.3 Å². The van der Waals surface area contributed by atoms with Crippen molar-refractivity contribution in [2.75, 3.05) is 63.1 Å². The summed E-state index contributed by atoms with van der Waals surface area (Å²) in [4.78, 5) is 32.4. The van der Waals surface area contributed by atoms with E-state index >= 15 is 0 Å². The molecule has 4 aliphatic rings. The van der Waals surface area contributed by atoms with E-state index in [1.54, 1.807) is 0 Å². The molecule has 4 fully saturated rings. The van der Waals surface area contributed by atoms with Crippen molar-refractivity contribution < 1.29 is 0 Å². The molecule has 4 saturated heterocycles. The summed E-state index contributed by atoms with van der Waals surface area (Å²) in [6.07, 6.45) is 2.43. The Bertz CT molecular complexity index is 1440. The number of benzene rings is 2. The van der Waals surface area contributed by atoms with Crippen LogP contribution < -0.4 is 15.8 Å². The minimum Gasteiger partial charge on any atom is -0.379 e. The third-order valence-electron chi connectivity index (χ3n) is 8.48. The molecule has 0 unspecified atom stereocenters. The second kappa shape index (κ2) is 8.64. The van der Waals surface area contributed by atoms with Gasteiger partial charge in [-0.1, -0.05) is 12.1 Å². The van der Waals surface area contributed by atoms with Crippen LogP contribution in [0.25, 0.3) is 33.3 Å². The third kappa shape index (κ3) is 3.76. The van der Waals surface area contributed by atoms with Crippen LogP contribution in [0.3, 0.4) is 0 Å². The molecule has 0 spiro atoms. The maximum atomic E-state index is 13.7. The normalized spacial score (nSPS) is 24.6. The molecule has 36 heavy (non-hydrogen) atoms. The molecule has 0 aliphatic carbocycles. The Morgan fingerprint density at radius 2 is 1.75 bits per heavy atom. The van der Waals surface area contributed by atoms with E-state index in [0.29, 0.717) is 23.3 Å². The molecule has 2 bridgehead atoms. The van der Waals surface area contributed by atoms with Crippen molar-refractivity contribution in [3.05, 3.63) is 52.8 Å². The molecule has 2 aromatic carbocycles. The third-order valence-corrected chi connectivity index (χ3v) is 8.48. The van der Waals surface area contributed by atoms with Crippen molar-refractivity contribution in [3.63, 3.8) is 0 Å². The van der Waals surface area contributed by atoms with Gasteiger partial charge in [-0.25, -0.2) is 4.98 Å². The molecule has 0 saturated carbocycles. The highest BCUT2D eigenvalue weighted by atomic mass is 16.1. The number of pyridine rings is 1. The predicted molar refractivity (Wildman–Crippen MR) is 146 cm³/mol. The molecule has 8 nitrogen and oxygen atoms in total. The lowest BCUT2D eigenvalue weighted by Crippen LogP contribution is -2.53. The van der Waals surface area contributed by atoms with Gasteiger partial charge in [-0.05, 0) is 69.2 Å². The van der Waals surface area contributed by atoms with Gasteiger partial charge in [0.15, 0.2) is 0 Å². The van der Waals surface area contributed by atoms with E-state index in [4.69, 9.17) is 4.98 Å². The summed E-state index contributed by atoms with van der Waals surface area (Å²) in [5, 5.41) is 4.91. The minimum atomic E-state index is -0.110. The van der Waals surface area contributed by atoms with Crippen LogP contribution in [-0.4, -0.2) is 83.7 Å². The van der Waals surface area contributed by atoms with E-state index in [1.807, 2.05) is 24.3 Å². The number of piperazine rings is 1. The molecular weight excluding hydrogens is 450 g/mol. The van der Waals surface area contributed by atoms with Gasteiger partial charge in [0.1, 0.15) is 11.4 Å². The summed E-state index contributed by atoms with van der Waals surface area (Å²) in [5.41, 5.74) is 5.23. The van der Waals surface area contributed by atoms with E-state index < -0.39 is 0 Å². The lowest BCUT2D eigenvalue weighted by Gasteiger charge is -2.45. The molecule has 8 rings (SSSR count). The lowest BCUT2D eigenvalue weighted by molar-refractivity contribution is 0.0976. The van der Waals surface area contributed by atoms with E-state index in [-0.39, 0.29) is 5.56 Å². The van der Waals surface area contributed by atoms with Crippen LogP contribution in [-0.2, 0) is 0 Å². The first-order chi connectivity index (χ1) is 17.6. The van der Waals surface area contributed by atoms with Gasteiger partial charge in [0.25, 0.3) is 5.56 Å². The average molecular weight is 484 g/mol. The molecule has 1 atom stereocenters. The smallest absolute Gasteiger partial charge is 0.261 e. The second-order valence-electron chi connectivity index (χ2n) is 10.7. The second-order valence-corrected chi connectivity index (χ2v) is 10.7. The number of H-pyrrole nitrogens is 2. The van der Waals surface area contributed by atoms with Gasteiger partial charge in [-0.3, -0.25) is 4.79 Å². The molecular formula is C28H33N7O. The molecule has 8 heteroatoms. The Hall–Kier alpha value is -3.36. The monoisotopic (exact) mass is 483 g/mol. The molecule has 4 aliphatic heterocycles. The van der Waals surface area contributed by atoms with Crippen LogP contribution in [0.1, 0.15) is 12.8 Å². The summed E-state index contributed by atoms with van der Waals surface area (Å²) in [6, 6.07) is 14.8. The number of imidazole rings is 1. The Balaban J connectivity index is 1.36. The fourth-order valence-corrected chi connectivity index (χ4v) is 6.31. The Labute approximate surface area is 210 Å². The lowest BCUT2D eigenvalue weighted by atomic mass is 9.83. The topological polar surface area (TPSA) is 83.3 Å². The number of rotatable bonds is 4. The molecule has 3 N–H and O–H groups in total. The van der Waals surface area contributed by atoms with Crippen molar-refractivity contribution in [2.24, 2.45) is 5.92 Å². The first kappa shape index (κ1) is 21.9. The number of anilines is 2. The summed E-state index contributed by atoms with van der Waals surface area (Å²) in [6.45, 7) is 7.48. The van der Waals surface area contributed by atoms with Crippen LogP contribution in [0, 0.1) is 5.92 Å². The number of nitrogens with zero attached hydrogens (tertiary/aromatic N) is 4. The number of nitrogens with one attached hydrogen (secondary N) is 3. The zero-order valence-corrected chi connectivity index (χ0v) is 20.8. The SMILES string of the molecule is CN1CCN(c2ccc3c(N[C@H]4CN5CCC4CC5)c(-c4nc5ccccc5[nH]4)c(=O)[nH]c3c2)CC1. The highest BCUT2D eigenvalue weighted by molar-refractivity contribution is 6.00. The number of aromatic nitrogens is 3. The van der Waals surface area contributed by atoms with Crippen LogP contribution in [0.4, 0.5) is 11.4 Å². The highest BCUT2D eigenvalue weighted by Crippen LogP contribution is 2.36. The van der Waals surface area contributed by atoms with Crippen molar-refractivity contribution in [2.45, 2.75) is 18.9 Å². The highest BCUT2D eigenvalue weighted by Gasteiger charge is 2.35. The largest absolute Gasteiger partial charge is 0.379 e. The van der Waals surface area contributed by atoms with E-state index in [9.17, 15) is 4.79 Å². The zero-order valence-electron chi connectivity index (χ0n) is 20.8. The summed E-state index contributed by atoms with van der Waals surface area (Å²) < 4.78 is 0. The first-order valence-electron chi connectivity index (χ1n) is 13.2. The fraction of sp³-hybridized carbons (Fsp3) is 0.429. The van der Waals surface area contributed by atoms with E-state index in [0.717, 1.165) is 66.0 Å². The van der Waals surface area contributed by atoms with Gasteiger partial charge >= 0.3 is 0 Å². The fourth-order valence-electron chi connectivity index (χ4n) is 6.31. The Morgan fingerprint density at radius 3 is 2.50 bits per heavy atom. The molecule has 6 heterocycles.